The minimum atomic E-state index is -0.207. The lowest BCUT2D eigenvalue weighted by Gasteiger charge is -2.34. The minimum absolute atomic E-state index is 0.207. The maximum atomic E-state index is 13.7. The van der Waals surface area contributed by atoms with Gasteiger partial charge < -0.3 is 9.64 Å². The Morgan fingerprint density at radius 1 is 1.39 bits per heavy atom. The van der Waals surface area contributed by atoms with Crippen LogP contribution in [0.5, 0.6) is 0 Å². The van der Waals surface area contributed by atoms with Crippen LogP contribution in [0.2, 0.25) is 0 Å². The summed E-state index contributed by atoms with van der Waals surface area (Å²) >= 11 is 5.85. The summed E-state index contributed by atoms with van der Waals surface area (Å²) < 4.78 is 18.9. The standard InChI is InChI=1S/C14H19ClFNO/c1-18-10-11-5-7-17(8-6-11)14-4-2-3-13(16)12(14)9-15/h2-4,11H,5-10H2,1H3. The van der Waals surface area contributed by atoms with Gasteiger partial charge in [-0.25, -0.2) is 4.39 Å². The molecule has 0 spiro atoms. The third kappa shape index (κ3) is 2.96. The second-order valence-corrected chi connectivity index (χ2v) is 5.02. The van der Waals surface area contributed by atoms with E-state index in [1.165, 1.54) is 6.07 Å². The molecule has 1 fully saturated rings. The van der Waals surface area contributed by atoms with Crippen molar-refractivity contribution >= 4 is 17.3 Å². The molecule has 1 aromatic rings. The van der Waals surface area contributed by atoms with Gasteiger partial charge in [0.2, 0.25) is 0 Å². The van der Waals surface area contributed by atoms with Crippen LogP contribution in [0, 0.1) is 11.7 Å². The molecule has 1 heterocycles. The molecule has 100 valence electrons. The highest BCUT2D eigenvalue weighted by Crippen LogP contribution is 2.29. The van der Waals surface area contributed by atoms with Crippen molar-refractivity contribution in [1.29, 1.82) is 0 Å². The number of piperidine rings is 1. The topological polar surface area (TPSA) is 12.5 Å². The molecule has 0 aromatic heterocycles. The Balaban J connectivity index is 2.07. The molecular formula is C14H19ClFNO. The van der Waals surface area contributed by atoms with Crippen LogP contribution in [0.4, 0.5) is 10.1 Å². The number of rotatable bonds is 4. The lowest BCUT2D eigenvalue weighted by atomic mass is 9.97. The van der Waals surface area contributed by atoms with Gasteiger partial charge >= 0.3 is 0 Å². The van der Waals surface area contributed by atoms with Gasteiger partial charge in [-0.3, -0.25) is 0 Å². The largest absolute Gasteiger partial charge is 0.384 e. The first-order valence-electron chi connectivity index (χ1n) is 6.33. The Bertz CT molecular complexity index is 391. The lowest BCUT2D eigenvalue weighted by molar-refractivity contribution is 0.139. The molecule has 0 unspecified atom stereocenters. The van der Waals surface area contributed by atoms with Gasteiger partial charge in [-0.15, -0.1) is 11.6 Å². The van der Waals surface area contributed by atoms with E-state index < -0.39 is 0 Å². The summed E-state index contributed by atoms with van der Waals surface area (Å²) in [5.74, 6) is 0.640. The molecule has 4 heteroatoms. The third-order valence-corrected chi connectivity index (χ3v) is 3.85. The Kier molecular flexibility index (Phi) is 4.84. The van der Waals surface area contributed by atoms with Crippen LogP contribution in [0.1, 0.15) is 18.4 Å². The second kappa shape index (κ2) is 6.39. The Hall–Kier alpha value is -0.800. The van der Waals surface area contributed by atoms with Crippen molar-refractivity contribution in [1.82, 2.24) is 0 Å². The van der Waals surface area contributed by atoms with Crippen LogP contribution < -0.4 is 4.90 Å². The van der Waals surface area contributed by atoms with Crippen molar-refractivity contribution in [2.75, 3.05) is 31.7 Å². The van der Waals surface area contributed by atoms with E-state index in [0.717, 1.165) is 38.2 Å². The van der Waals surface area contributed by atoms with Crippen LogP contribution in [0.3, 0.4) is 0 Å². The van der Waals surface area contributed by atoms with Crippen LogP contribution in [-0.4, -0.2) is 26.8 Å². The van der Waals surface area contributed by atoms with Crippen molar-refractivity contribution in [3.05, 3.63) is 29.6 Å². The van der Waals surface area contributed by atoms with E-state index in [0.29, 0.717) is 11.5 Å². The molecule has 0 amide bonds. The summed E-state index contributed by atoms with van der Waals surface area (Å²) in [6.45, 7) is 2.71. The first-order valence-corrected chi connectivity index (χ1v) is 6.87. The summed E-state index contributed by atoms with van der Waals surface area (Å²) in [5.41, 5.74) is 1.56. The van der Waals surface area contributed by atoms with E-state index in [1.54, 1.807) is 13.2 Å². The number of halogens is 2. The smallest absolute Gasteiger partial charge is 0.129 e. The van der Waals surface area contributed by atoms with Gasteiger partial charge in [-0.2, -0.15) is 0 Å². The molecule has 0 bridgehead atoms. The quantitative estimate of drug-likeness (QED) is 0.778. The molecule has 1 saturated heterocycles. The van der Waals surface area contributed by atoms with Gasteiger partial charge in [0.05, 0.1) is 5.88 Å². The fourth-order valence-corrected chi connectivity index (χ4v) is 2.82. The summed E-state index contributed by atoms with van der Waals surface area (Å²) in [4.78, 5) is 2.23. The monoisotopic (exact) mass is 271 g/mol. The van der Waals surface area contributed by atoms with Crippen molar-refractivity contribution < 1.29 is 9.13 Å². The average molecular weight is 272 g/mol. The molecule has 2 rings (SSSR count). The predicted molar refractivity (Wildman–Crippen MR) is 72.8 cm³/mol. The van der Waals surface area contributed by atoms with Gasteiger partial charge in [0.1, 0.15) is 5.82 Å². The summed E-state index contributed by atoms with van der Waals surface area (Å²) in [5, 5.41) is 0. The van der Waals surface area contributed by atoms with Crippen molar-refractivity contribution in [2.45, 2.75) is 18.7 Å². The van der Waals surface area contributed by atoms with E-state index >= 15 is 0 Å². The molecule has 0 radical (unpaired) electrons. The SMILES string of the molecule is COCC1CCN(c2cccc(F)c2CCl)CC1. The minimum Gasteiger partial charge on any atom is -0.384 e. The van der Waals surface area contributed by atoms with Crippen molar-refractivity contribution in [2.24, 2.45) is 5.92 Å². The number of methoxy groups -OCH3 is 1. The molecule has 1 aliphatic heterocycles. The molecule has 2 nitrogen and oxygen atoms in total. The van der Waals surface area contributed by atoms with E-state index in [9.17, 15) is 4.39 Å². The van der Waals surface area contributed by atoms with Gasteiger partial charge in [0, 0.05) is 38.1 Å². The number of hydrogen-bond donors (Lipinski definition) is 0. The highest BCUT2D eigenvalue weighted by molar-refractivity contribution is 6.17. The van der Waals surface area contributed by atoms with Crippen molar-refractivity contribution in [3.63, 3.8) is 0 Å². The normalized spacial score (nSPS) is 17.2. The fourth-order valence-electron chi connectivity index (χ4n) is 2.55. The predicted octanol–water partition coefficient (Wildman–Crippen LogP) is 3.43. The molecule has 1 aliphatic rings. The number of hydrogen-bond acceptors (Lipinski definition) is 2. The average Bonchev–Trinajstić information content (AvgIpc) is 2.40. The Morgan fingerprint density at radius 3 is 2.72 bits per heavy atom. The molecule has 0 atom stereocenters. The zero-order valence-corrected chi connectivity index (χ0v) is 11.4. The molecule has 1 aromatic carbocycles. The summed E-state index contributed by atoms with van der Waals surface area (Å²) in [6, 6.07) is 5.18. The Labute approximate surface area is 113 Å². The zero-order chi connectivity index (χ0) is 13.0. The molecule has 0 N–H and O–H groups in total. The zero-order valence-electron chi connectivity index (χ0n) is 10.7. The molecule has 0 aliphatic carbocycles. The number of ether oxygens (including phenoxy) is 1. The maximum Gasteiger partial charge on any atom is 0.129 e. The van der Waals surface area contributed by atoms with E-state index in [1.807, 2.05) is 6.07 Å². The number of alkyl halides is 1. The number of anilines is 1. The van der Waals surface area contributed by atoms with Gasteiger partial charge in [-0.1, -0.05) is 6.07 Å². The Morgan fingerprint density at radius 2 is 2.11 bits per heavy atom. The third-order valence-electron chi connectivity index (χ3n) is 3.59. The molecular weight excluding hydrogens is 253 g/mol. The number of benzene rings is 1. The first-order chi connectivity index (χ1) is 8.76. The number of nitrogens with zero attached hydrogens (tertiary/aromatic N) is 1. The van der Waals surface area contributed by atoms with Crippen LogP contribution in [0.25, 0.3) is 0 Å². The maximum absolute atomic E-state index is 13.7. The lowest BCUT2D eigenvalue weighted by Crippen LogP contribution is -2.35. The summed E-state index contributed by atoms with van der Waals surface area (Å²) in [7, 11) is 1.74. The van der Waals surface area contributed by atoms with Gasteiger partial charge in [0.25, 0.3) is 0 Å². The van der Waals surface area contributed by atoms with E-state index in [-0.39, 0.29) is 11.7 Å². The van der Waals surface area contributed by atoms with E-state index in [4.69, 9.17) is 16.3 Å². The van der Waals surface area contributed by atoms with Gasteiger partial charge in [-0.05, 0) is 30.9 Å². The second-order valence-electron chi connectivity index (χ2n) is 4.76. The highest BCUT2D eigenvalue weighted by atomic mass is 35.5. The first kappa shape index (κ1) is 13.6. The van der Waals surface area contributed by atoms with Crippen LogP contribution in [0.15, 0.2) is 18.2 Å². The van der Waals surface area contributed by atoms with Crippen LogP contribution >= 0.6 is 11.6 Å². The summed E-state index contributed by atoms with van der Waals surface area (Å²) in [6.07, 6.45) is 2.18. The molecule has 0 saturated carbocycles. The van der Waals surface area contributed by atoms with E-state index in [2.05, 4.69) is 4.90 Å². The molecule has 18 heavy (non-hydrogen) atoms. The van der Waals surface area contributed by atoms with Crippen LogP contribution in [-0.2, 0) is 10.6 Å². The highest BCUT2D eigenvalue weighted by Gasteiger charge is 2.21. The fraction of sp³-hybridized carbons (Fsp3) is 0.571. The van der Waals surface area contributed by atoms with Crippen molar-refractivity contribution in [3.8, 4) is 0 Å². The van der Waals surface area contributed by atoms with Gasteiger partial charge in [0.15, 0.2) is 0 Å².